The summed E-state index contributed by atoms with van der Waals surface area (Å²) in [4.78, 5) is 0. The van der Waals surface area contributed by atoms with Crippen molar-refractivity contribution in [2.45, 2.75) is 38.5 Å². The lowest BCUT2D eigenvalue weighted by Gasteiger charge is -2.21. The monoisotopic (exact) mass is 226 g/mol. The van der Waals surface area contributed by atoms with Crippen LogP contribution in [-0.4, -0.2) is 11.4 Å². The molecule has 1 aromatic carbocycles. The molecule has 0 radical (unpaired) electrons. The van der Waals surface area contributed by atoms with E-state index >= 15 is 0 Å². The second-order valence-electron chi connectivity index (χ2n) is 4.99. The summed E-state index contributed by atoms with van der Waals surface area (Å²) in [5.41, 5.74) is 3.74. The fourth-order valence-corrected chi connectivity index (χ4v) is 2.83. The van der Waals surface area contributed by atoms with E-state index in [2.05, 4.69) is 34.5 Å². The van der Waals surface area contributed by atoms with Crippen molar-refractivity contribution in [3.63, 3.8) is 0 Å². The average Bonchev–Trinajstić information content (AvgIpc) is 2.62. The Kier molecular flexibility index (Phi) is 3.04. The first-order chi connectivity index (χ1) is 8.43. The lowest BCUT2D eigenvalue weighted by atomic mass is 9.83. The number of benzene rings is 1. The van der Waals surface area contributed by atoms with E-state index in [1.165, 1.54) is 37.0 Å². The van der Waals surface area contributed by atoms with Crippen molar-refractivity contribution in [2.75, 3.05) is 0 Å². The Morgan fingerprint density at radius 1 is 0.882 bits per heavy atom. The molecule has 0 unspecified atom stereocenters. The predicted molar refractivity (Wildman–Crippen MR) is 71.6 cm³/mol. The third kappa shape index (κ3) is 2.31. The van der Waals surface area contributed by atoms with Crippen molar-refractivity contribution in [3.8, 4) is 0 Å². The van der Waals surface area contributed by atoms with Crippen LogP contribution in [0.2, 0.25) is 0 Å². The van der Waals surface area contributed by atoms with Crippen LogP contribution in [0.5, 0.6) is 0 Å². The summed E-state index contributed by atoms with van der Waals surface area (Å²) >= 11 is 0. The molecular weight excluding hydrogens is 208 g/mol. The third-order valence-corrected chi connectivity index (χ3v) is 3.84. The van der Waals surface area contributed by atoms with Gasteiger partial charge in [-0.05, 0) is 43.6 Å². The molecule has 0 spiro atoms. The maximum absolute atomic E-state index is 4.51. The molecule has 2 heteroatoms. The van der Waals surface area contributed by atoms with E-state index in [9.17, 15) is 0 Å². The molecule has 1 aliphatic heterocycles. The van der Waals surface area contributed by atoms with Crippen molar-refractivity contribution in [2.24, 2.45) is 16.1 Å². The van der Waals surface area contributed by atoms with E-state index in [1.54, 1.807) is 0 Å². The summed E-state index contributed by atoms with van der Waals surface area (Å²) in [6, 6.07) is 10.5. The van der Waals surface area contributed by atoms with Gasteiger partial charge in [0.2, 0.25) is 0 Å². The van der Waals surface area contributed by atoms with E-state index in [1.807, 2.05) is 6.07 Å². The molecule has 3 rings (SSSR count). The molecule has 2 aliphatic rings. The van der Waals surface area contributed by atoms with Crippen molar-refractivity contribution in [3.05, 3.63) is 35.9 Å². The Morgan fingerprint density at radius 2 is 1.76 bits per heavy atom. The highest BCUT2D eigenvalue weighted by atomic mass is 15.2. The standard InChI is InChI=1S/C15H18N2/c1-2-6-12(7-3-1)15-11-10-13-8-4-5-9-14(13)16-17-15/h1-3,6-7,13H,4-5,8-11H2/t13-/m0/s1. The molecule has 1 aliphatic carbocycles. The molecular formula is C15H18N2. The second kappa shape index (κ2) is 4.82. The lowest BCUT2D eigenvalue weighted by Crippen LogP contribution is -2.18. The summed E-state index contributed by atoms with van der Waals surface area (Å²) in [5.74, 6) is 0.703. The van der Waals surface area contributed by atoms with Gasteiger partial charge < -0.3 is 0 Å². The Labute approximate surface area is 102 Å². The Balaban J connectivity index is 1.85. The smallest absolute Gasteiger partial charge is 0.0702 e. The van der Waals surface area contributed by atoms with Gasteiger partial charge in [-0.15, -0.1) is 0 Å². The van der Waals surface area contributed by atoms with Crippen LogP contribution < -0.4 is 0 Å². The second-order valence-corrected chi connectivity index (χ2v) is 4.99. The first-order valence-corrected chi connectivity index (χ1v) is 6.62. The number of rotatable bonds is 1. The predicted octanol–water partition coefficient (Wildman–Crippen LogP) is 3.82. The van der Waals surface area contributed by atoms with Gasteiger partial charge in [0.25, 0.3) is 0 Å². The lowest BCUT2D eigenvalue weighted by molar-refractivity contribution is 0.507. The van der Waals surface area contributed by atoms with E-state index < -0.39 is 0 Å². The molecule has 1 aromatic rings. The van der Waals surface area contributed by atoms with Crippen molar-refractivity contribution in [1.29, 1.82) is 0 Å². The molecule has 0 amide bonds. The summed E-state index contributed by atoms with van der Waals surface area (Å²) in [5, 5.41) is 8.99. The minimum absolute atomic E-state index is 0.703. The first kappa shape index (κ1) is 10.7. The zero-order valence-corrected chi connectivity index (χ0v) is 10.1. The van der Waals surface area contributed by atoms with Crippen LogP contribution in [-0.2, 0) is 0 Å². The Morgan fingerprint density at radius 3 is 2.65 bits per heavy atom. The number of hydrogen-bond acceptors (Lipinski definition) is 2. The summed E-state index contributed by atoms with van der Waals surface area (Å²) in [6.07, 6.45) is 7.44. The van der Waals surface area contributed by atoms with Crippen LogP contribution in [0, 0.1) is 5.92 Å². The summed E-state index contributed by atoms with van der Waals surface area (Å²) in [6.45, 7) is 0. The minimum atomic E-state index is 0.703. The fourth-order valence-electron chi connectivity index (χ4n) is 2.83. The molecule has 88 valence electrons. The largest absolute Gasteiger partial charge is 0.160 e. The van der Waals surface area contributed by atoms with Crippen molar-refractivity contribution in [1.82, 2.24) is 0 Å². The SMILES string of the molecule is c1ccc(C2=NN=C3CCCC[C@H]3CC2)cc1. The normalized spacial score (nSPS) is 24.4. The highest BCUT2D eigenvalue weighted by Gasteiger charge is 2.23. The fraction of sp³-hybridized carbons (Fsp3) is 0.467. The van der Waals surface area contributed by atoms with Crippen LogP contribution in [0.25, 0.3) is 0 Å². The van der Waals surface area contributed by atoms with Gasteiger partial charge in [-0.1, -0.05) is 36.8 Å². The van der Waals surface area contributed by atoms with Crippen LogP contribution in [0.15, 0.2) is 40.5 Å². The van der Waals surface area contributed by atoms with Gasteiger partial charge in [-0.2, -0.15) is 10.2 Å². The Bertz CT molecular complexity index is 445. The molecule has 1 atom stereocenters. The number of fused-ring (bicyclic) bond motifs is 1. The van der Waals surface area contributed by atoms with Crippen molar-refractivity contribution < 1.29 is 0 Å². The highest BCUT2D eigenvalue weighted by Crippen LogP contribution is 2.28. The van der Waals surface area contributed by atoms with Gasteiger partial charge >= 0.3 is 0 Å². The first-order valence-electron chi connectivity index (χ1n) is 6.62. The van der Waals surface area contributed by atoms with E-state index in [0.29, 0.717) is 5.92 Å². The van der Waals surface area contributed by atoms with Crippen LogP contribution >= 0.6 is 0 Å². The third-order valence-electron chi connectivity index (χ3n) is 3.84. The molecule has 1 saturated carbocycles. The molecule has 0 aromatic heterocycles. The molecule has 1 heterocycles. The molecule has 0 bridgehead atoms. The molecule has 1 fully saturated rings. The van der Waals surface area contributed by atoms with E-state index in [0.717, 1.165) is 18.6 Å². The maximum atomic E-state index is 4.51. The molecule has 2 nitrogen and oxygen atoms in total. The van der Waals surface area contributed by atoms with Gasteiger partial charge in [0, 0.05) is 5.71 Å². The van der Waals surface area contributed by atoms with E-state index in [4.69, 9.17) is 0 Å². The van der Waals surface area contributed by atoms with Gasteiger partial charge in [-0.3, -0.25) is 0 Å². The highest BCUT2D eigenvalue weighted by molar-refractivity contribution is 6.02. The van der Waals surface area contributed by atoms with Gasteiger partial charge in [0.15, 0.2) is 0 Å². The van der Waals surface area contributed by atoms with Crippen LogP contribution in [0.1, 0.15) is 44.1 Å². The average molecular weight is 226 g/mol. The minimum Gasteiger partial charge on any atom is -0.160 e. The van der Waals surface area contributed by atoms with E-state index in [-0.39, 0.29) is 0 Å². The zero-order chi connectivity index (χ0) is 11.5. The summed E-state index contributed by atoms with van der Waals surface area (Å²) < 4.78 is 0. The maximum Gasteiger partial charge on any atom is 0.0702 e. The quantitative estimate of drug-likeness (QED) is 0.695. The van der Waals surface area contributed by atoms with Gasteiger partial charge in [0.1, 0.15) is 0 Å². The number of nitrogens with zero attached hydrogens (tertiary/aromatic N) is 2. The number of hydrogen-bond donors (Lipinski definition) is 0. The summed E-state index contributed by atoms with van der Waals surface area (Å²) in [7, 11) is 0. The van der Waals surface area contributed by atoms with Crippen LogP contribution in [0.4, 0.5) is 0 Å². The van der Waals surface area contributed by atoms with Crippen LogP contribution in [0.3, 0.4) is 0 Å². The molecule has 0 N–H and O–H groups in total. The zero-order valence-electron chi connectivity index (χ0n) is 10.1. The topological polar surface area (TPSA) is 24.7 Å². The van der Waals surface area contributed by atoms with Crippen molar-refractivity contribution >= 4 is 11.4 Å². The molecule has 0 saturated heterocycles. The Hall–Kier alpha value is -1.44. The van der Waals surface area contributed by atoms with Gasteiger partial charge in [0.05, 0.1) is 5.71 Å². The van der Waals surface area contributed by atoms with Gasteiger partial charge in [-0.25, -0.2) is 0 Å². The molecule has 17 heavy (non-hydrogen) atoms.